The Balaban J connectivity index is 1.69. The molecule has 0 radical (unpaired) electrons. The van der Waals surface area contributed by atoms with Crippen LogP contribution in [0.5, 0.6) is 5.75 Å². The summed E-state index contributed by atoms with van der Waals surface area (Å²) in [6, 6.07) is 6.01. The zero-order chi connectivity index (χ0) is 15.3. The Hall–Kier alpha value is -1.51. The van der Waals surface area contributed by atoms with Gasteiger partial charge in [-0.2, -0.15) is 0 Å². The van der Waals surface area contributed by atoms with E-state index in [9.17, 15) is 5.11 Å². The first-order valence-corrected chi connectivity index (χ1v) is 8.56. The van der Waals surface area contributed by atoms with Crippen LogP contribution >= 0.6 is 0 Å². The quantitative estimate of drug-likeness (QED) is 0.788. The highest BCUT2D eigenvalue weighted by molar-refractivity contribution is 5.92. The van der Waals surface area contributed by atoms with E-state index in [0.29, 0.717) is 11.7 Å². The monoisotopic (exact) mass is 299 g/mol. The van der Waals surface area contributed by atoms with Crippen LogP contribution in [0, 0.1) is 17.3 Å². The smallest absolute Gasteiger partial charge is 0.115 e. The molecular formula is C19H25NO2. The van der Waals surface area contributed by atoms with Crippen LogP contribution in [0.2, 0.25) is 0 Å². The predicted molar refractivity (Wildman–Crippen MR) is 87.2 cm³/mol. The third-order valence-electron chi connectivity index (χ3n) is 6.65. The Bertz CT molecular complexity index is 624. The molecule has 0 aliphatic heterocycles. The predicted octanol–water partition coefficient (Wildman–Crippen LogP) is 4.25. The molecule has 1 aromatic rings. The lowest BCUT2D eigenvalue weighted by Gasteiger charge is -2.49. The molecule has 0 bridgehead atoms. The molecule has 1 aromatic carbocycles. The standard InChI is InChI=1S/C19H25NO2/c1-19-10-9-15-14-6-4-13(21)11-12(14)3-5-16(15)17(19)7-8-18(19)20-22-2/h4,6,11,15-17,21H,3,5,7-10H2,1-2H3/b20-18+. The van der Waals surface area contributed by atoms with Gasteiger partial charge in [-0.05, 0) is 79.5 Å². The molecule has 118 valence electrons. The second-order valence-corrected chi connectivity index (χ2v) is 7.51. The lowest BCUT2D eigenvalue weighted by Crippen LogP contribution is -2.42. The van der Waals surface area contributed by atoms with Gasteiger partial charge in [-0.15, -0.1) is 0 Å². The number of rotatable bonds is 1. The molecule has 2 saturated carbocycles. The maximum atomic E-state index is 9.74. The average Bonchev–Trinajstić information content (AvgIpc) is 2.84. The van der Waals surface area contributed by atoms with Gasteiger partial charge in [0.15, 0.2) is 0 Å². The van der Waals surface area contributed by atoms with Gasteiger partial charge in [-0.1, -0.05) is 18.1 Å². The molecule has 0 amide bonds. The van der Waals surface area contributed by atoms with Crippen molar-refractivity contribution in [2.24, 2.45) is 22.4 Å². The zero-order valence-corrected chi connectivity index (χ0v) is 13.5. The van der Waals surface area contributed by atoms with E-state index in [4.69, 9.17) is 4.84 Å². The van der Waals surface area contributed by atoms with Crippen molar-refractivity contribution in [3.8, 4) is 5.75 Å². The van der Waals surface area contributed by atoms with E-state index in [-0.39, 0.29) is 5.41 Å². The maximum Gasteiger partial charge on any atom is 0.115 e. The fraction of sp³-hybridized carbons (Fsp3) is 0.632. The molecule has 1 N–H and O–H groups in total. The van der Waals surface area contributed by atoms with Crippen LogP contribution in [0.4, 0.5) is 0 Å². The molecular weight excluding hydrogens is 274 g/mol. The van der Waals surface area contributed by atoms with Gasteiger partial charge in [0.05, 0.1) is 5.71 Å². The van der Waals surface area contributed by atoms with Crippen molar-refractivity contribution in [1.82, 2.24) is 0 Å². The van der Waals surface area contributed by atoms with Gasteiger partial charge < -0.3 is 9.94 Å². The van der Waals surface area contributed by atoms with Gasteiger partial charge in [-0.25, -0.2) is 0 Å². The highest BCUT2D eigenvalue weighted by atomic mass is 16.6. The van der Waals surface area contributed by atoms with Crippen LogP contribution in [0.3, 0.4) is 0 Å². The maximum absolute atomic E-state index is 9.74. The van der Waals surface area contributed by atoms with Gasteiger partial charge >= 0.3 is 0 Å². The van der Waals surface area contributed by atoms with E-state index in [1.165, 1.54) is 42.5 Å². The largest absolute Gasteiger partial charge is 0.508 e. The summed E-state index contributed by atoms with van der Waals surface area (Å²) in [6.07, 6.45) is 7.16. The lowest BCUT2D eigenvalue weighted by atomic mass is 9.55. The normalized spacial score (nSPS) is 38.3. The van der Waals surface area contributed by atoms with E-state index in [2.05, 4.69) is 18.1 Å². The molecule has 3 heteroatoms. The van der Waals surface area contributed by atoms with Gasteiger partial charge in [-0.3, -0.25) is 0 Å². The highest BCUT2D eigenvalue weighted by Crippen LogP contribution is 2.59. The number of hydrogen-bond donors (Lipinski definition) is 1. The second-order valence-electron chi connectivity index (χ2n) is 7.51. The molecule has 0 saturated heterocycles. The van der Waals surface area contributed by atoms with Crippen LogP contribution in [-0.2, 0) is 11.3 Å². The van der Waals surface area contributed by atoms with E-state index < -0.39 is 0 Å². The van der Waals surface area contributed by atoms with Crippen LogP contribution in [0.15, 0.2) is 23.4 Å². The summed E-state index contributed by atoms with van der Waals surface area (Å²) in [6.45, 7) is 2.41. The molecule has 0 heterocycles. The van der Waals surface area contributed by atoms with Crippen molar-refractivity contribution in [2.45, 2.75) is 51.4 Å². The number of nitrogens with zero attached hydrogens (tertiary/aromatic N) is 1. The Morgan fingerprint density at radius 3 is 2.91 bits per heavy atom. The SMILES string of the molecule is CO/N=C1\CCC2C3CCc4cc(O)ccc4C3CCC12C. The molecule has 3 nitrogen and oxygen atoms in total. The van der Waals surface area contributed by atoms with Gasteiger partial charge in [0.25, 0.3) is 0 Å². The molecule has 4 rings (SSSR count). The number of phenolic OH excluding ortho intramolecular Hbond substituents is 1. The first-order valence-electron chi connectivity index (χ1n) is 8.56. The topological polar surface area (TPSA) is 41.8 Å². The Morgan fingerprint density at radius 1 is 1.23 bits per heavy atom. The van der Waals surface area contributed by atoms with E-state index in [1.807, 2.05) is 12.1 Å². The lowest BCUT2D eigenvalue weighted by molar-refractivity contribution is 0.0924. The van der Waals surface area contributed by atoms with Crippen molar-refractivity contribution in [3.63, 3.8) is 0 Å². The third kappa shape index (κ3) is 1.90. The minimum Gasteiger partial charge on any atom is -0.508 e. The van der Waals surface area contributed by atoms with E-state index >= 15 is 0 Å². The first kappa shape index (κ1) is 14.1. The minimum absolute atomic E-state index is 0.242. The fourth-order valence-electron chi connectivity index (χ4n) is 5.62. The molecule has 3 aliphatic carbocycles. The average molecular weight is 299 g/mol. The number of benzene rings is 1. The molecule has 22 heavy (non-hydrogen) atoms. The van der Waals surface area contributed by atoms with Crippen molar-refractivity contribution in [3.05, 3.63) is 29.3 Å². The Labute approximate surface area is 132 Å². The van der Waals surface area contributed by atoms with Crippen molar-refractivity contribution < 1.29 is 9.94 Å². The molecule has 0 spiro atoms. The van der Waals surface area contributed by atoms with Crippen LogP contribution in [-0.4, -0.2) is 17.9 Å². The van der Waals surface area contributed by atoms with Crippen molar-refractivity contribution in [1.29, 1.82) is 0 Å². The summed E-state index contributed by atoms with van der Waals surface area (Å²) >= 11 is 0. The van der Waals surface area contributed by atoms with E-state index in [0.717, 1.165) is 24.7 Å². The number of aryl methyl sites for hydroxylation is 1. The molecule has 2 fully saturated rings. The fourth-order valence-corrected chi connectivity index (χ4v) is 5.62. The minimum atomic E-state index is 0.242. The summed E-state index contributed by atoms with van der Waals surface area (Å²) in [7, 11) is 1.67. The molecule has 0 aromatic heterocycles. The highest BCUT2D eigenvalue weighted by Gasteiger charge is 2.53. The summed E-state index contributed by atoms with van der Waals surface area (Å²) in [4.78, 5) is 5.11. The number of fused-ring (bicyclic) bond motifs is 5. The Morgan fingerprint density at radius 2 is 2.09 bits per heavy atom. The van der Waals surface area contributed by atoms with Gasteiger partial charge in [0, 0.05) is 5.41 Å². The molecule has 4 unspecified atom stereocenters. The van der Waals surface area contributed by atoms with E-state index in [1.54, 1.807) is 7.11 Å². The Kier molecular flexibility index (Phi) is 3.21. The summed E-state index contributed by atoms with van der Waals surface area (Å²) in [5, 5.41) is 14.1. The summed E-state index contributed by atoms with van der Waals surface area (Å²) in [5.41, 5.74) is 4.39. The van der Waals surface area contributed by atoms with Crippen molar-refractivity contribution >= 4 is 5.71 Å². The third-order valence-corrected chi connectivity index (χ3v) is 6.65. The van der Waals surface area contributed by atoms with Crippen LogP contribution < -0.4 is 0 Å². The van der Waals surface area contributed by atoms with Crippen LogP contribution in [0.1, 0.15) is 56.1 Å². The molecule has 4 atom stereocenters. The summed E-state index contributed by atoms with van der Waals surface area (Å²) in [5.74, 6) is 2.58. The number of aromatic hydroxyl groups is 1. The number of oxime groups is 1. The van der Waals surface area contributed by atoms with Gasteiger partial charge in [0.2, 0.25) is 0 Å². The van der Waals surface area contributed by atoms with Crippen molar-refractivity contribution in [2.75, 3.05) is 7.11 Å². The van der Waals surface area contributed by atoms with Crippen LogP contribution in [0.25, 0.3) is 0 Å². The number of hydrogen-bond acceptors (Lipinski definition) is 3. The zero-order valence-electron chi connectivity index (χ0n) is 13.5. The molecule has 3 aliphatic rings. The first-order chi connectivity index (χ1) is 10.6. The van der Waals surface area contributed by atoms with Gasteiger partial charge in [0.1, 0.15) is 12.9 Å². The second kappa shape index (κ2) is 5.00. The number of phenols is 1. The summed E-state index contributed by atoms with van der Waals surface area (Å²) < 4.78 is 0.